The van der Waals surface area contributed by atoms with Crippen molar-refractivity contribution >= 4 is 23.3 Å². The molecule has 0 spiro atoms. The summed E-state index contributed by atoms with van der Waals surface area (Å²) in [5.74, 6) is 1.51. The molecule has 0 fully saturated rings. The summed E-state index contributed by atoms with van der Waals surface area (Å²) in [6, 6.07) is 28.9. The van der Waals surface area contributed by atoms with Gasteiger partial charge in [-0.05, 0) is 17.7 Å². The molecule has 0 aliphatic rings. The van der Waals surface area contributed by atoms with E-state index in [1.165, 1.54) is 0 Å². The van der Waals surface area contributed by atoms with Crippen LogP contribution in [0.2, 0.25) is 0 Å². The quantitative estimate of drug-likeness (QED) is 0.258. The van der Waals surface area contributed by atoms with Crippen molar-refractivity contribution in [1.29, 1.82) is 0 Å². The van der Waals surface area contributed by atoms with Crippen molar-refractivity contribution in [1.82, 2.24) is 0 Å². The maximum absolute atomic E-state index is 13.5. The van der Waals surface area contributed by atoms with E-state index in [1.54, 1.807) is 11.8 Å². The van der Waals surface area contributed by atoms with Gasteiger partial charge in [-0.3, -0.25) is 9.59 Å². The molecule has 0 saturated carbocycles. The Bertz CT molecular complexity index is 923. The number of Topliss-reactive ketones (excluding diaryl/α,β-unsaturated/α-hetero) is 2. The van der Waals surface area contributed by atoms with Crippen LogP contribution in [0.3, 0.4) is 0 Å². The zero-order valence-electron chi connectivity index (χ0n) is 17.4. The predicted octanol–water partition coefficient (Wildman–Crippen LogP) is 6.69. The summed E-state index contributed by atoms with van der Waals surface area (Å²) in [4.78, 5) is 26.7. The third kappa shape index (κ3) is 5.93. The Morgan fingerprint density at radius 2 is 1.30 bits per heavy atom. The molecular formula is C27H28O2S. The summed E-state index contributed by atoms with van der Waals surface area (Å²) >= 11 is 1.80. The van der Waals surface area contributed by atoms with Gasteiger partial charge in [0, 0.05) is 35.1 Å². The standard InChI is InChI=1S/C27H28O2S/c1-2-18-30-20-25(27(29)23-16-10-5-11-17-23)24(21-12-6-3-7-13-21)19-26(28)22-14-8-4-9-15-22/h3-17,24-25H,2,18-20H2,1H3. The van der Waals surface area contributed by atoms with E-state index in [-0.39, 0.29) is 23.4 Å². The molecule has 30 heavy (non-hydrogen) atoms. The molecule has 3 aromatic carbocycles. The van der Waals surface area contributed by atoms with Crippen LogP contribution in [0.1, 0.15) is 52.0 Å². The molecule has 0 amide bonds. The van der Waals surface area contributed by atoms with Crippen LogP contribution in [-0.4, -0.2) is 23.1 Å². The van der Waals surface area contributed by atoms with Crippen LogP contribution < -0.4 is 0 Å². The van der Waals surface area contributed by atoms with Crippen LogP contribution >= 0.6 is 11.8 Å². The van der Waals surface area contributed by atoms with E-state index in [0.717, 1.165) is 17.7 Å². The Kier molecular flexibility index (Phi) is 8.46. The molecular weight excluding hydrogens is 388 g/mol. The predicted molar refractivity (Wildman–Crippen MR) is 126 cm³/mol. The minimum Gasteiger partial charge on any atom is -0.294 e. The van der Waals surface area contributed by atoms with Gasteiger partial charge in [-0.25, -0.2) is 0 Å². The summed E-state index contributed by atoms with van der Waals surface area (Å²) in [6.45, 7) is 2.15. The van der Waals surface area contributed by atoms with Crippen molar-refractivity contribution in [2.45, 2.75) is 25.7 Å². The summed E-state index contributed by atoms with van der Waals surface area (Å²) in [5.41, 5.74) is 2.46. The fourth-order valence-electron chi connectivity index (χ4n) is 3.68. The van der Waals surface area contributed by atoms with Crippen LogP contribution in [-0.2, 0) is 0 Å². The zero-order chi connectivity index (χ0) is 21.2. The van der Waals surface area contributed by atoms with Gasteiger partial charge >= 0.3 is 0 Å². The summed E-state index contributed by atoms with van der Waals surface area (Å²) in [6.07, 6.45) is 1.39. The van der Waals surface area contributed by atoms with E-state index in [0.29, 0.717) is 23.3 Å². The molecule has 0 aliphatic heterocycles. The smallest absolute Gasteiger partial charge is 0.167 e. The van der Waals surface area contributed by atoms with E-state index in [9.17, 15) is 9.59 Å². The summed E-state index contributed by atoms with van der Waals surface area (Å²) < 4.78 is 0. The van der Waals surface area contributed by atoms with Crippen LogP contribution in [0.5, 0.6) is 0 Å². The molecule has 3 heteroatoms. The molecule has 0 N–H and O–H groups in total. The number of hydrogen-bond donors (Lipinski definition) is 0. The van der Waals surface area contributed by atoms with Gasteiger partial charge in [0.1, 0.15) is 0 Å². The number of ketones is 2. The molecule has 0 saturated heterocycles. The zero-order valence-corrected chi connectivity index (χ0v) is 18.2. The van der Waals surface area contributed by atoms with Gasteiger partial charge in [-0.15, -0.1) is 0 Å². The molecule has 0 aliphatic carbocycles. The lowest BCUT2D eigenvalue weighted by Gasteiger charge is -2.26. The SMILES string of the molecule is CCCSCC(C(=O)c1ccccc1)C(CC(=O)c1ccccc1)c1ccccc1. The second-order valence-corrected chi connectivity index (χ2v) is 8.57. The Balaban J connectivity index is 1.95. The molecule has 0 aromatic heterocycles. The van der Waals surface area contributed by atoms with Crippen LogP contribution in [0.25, 0.3) is 0 Å². The number of hydrogen-bond acceptors (Lipinski definition) is 3. The number of carbonyl (C=O) groups excluding carboxylic acids is 2. The Hall–Kier alpha value is -2.65. The van der Waals surface area contributed by atoms with Crippen LogP contribution in [0.4, 0.5) is 0 Å². The second-order valence-electron chi connectivity index (χ2n) is 7.42. The lowest BCUT2D eigenvalue weighted by Crippen LogP contribution is -2.27. The van der Waals surface area contributed by atoms with Crippen molar-refractivity contribution in [3.8, 4) is 0 Å². The Morgan fingerprint density at radius 3 is 1.87 bits per heavy atom. The monoisotopic (exact) mass is 416 g/mol. The number of carbonyl (C=O) groups is 2. The lowest BCUT2D eigenvalue weighted by molar-refractivity contribution is 0.0891. The average Bonchev–Trinajstić information content (AvgIpc) is 2.82. The van der Waals surface area contributed by atoms with E-state index in [4.69, 9.17) is 0 Å². The highest BCUT2D eigenvalue weighted by Gasteiger charge is 2.32. The van der Waals surface area contributed by atoms with Gasteiger partial charge in [-0.1, -0.05) is 97.9 Å². The number of benzene rings is 3. The first-order valence-electron chi connectivity index (χ1n) is 10.5. The number of thioether (sulfide) groups is 1. The first kappa shape index (κ1) is 22.0. The second kappa shape index (κ2) is 11.5. The van der Waals surface area contributed by atoms with Gasteiger partial charge in [0.05, 0.1) is 0 Å². The van der Waals surface area contributed by atoms with Gasteiger partial charge in [0.15, 0.2) is 11.6 Å². The Morgan fingerprint density at radius 1 is 0.767 bits per heavy atom. The largest absolute Gasteiger partial charge is 0.294 e. The van der Waals surface area contributed by atoms with E-state index >= 15 is 0 Å². The fraction of sp³-hybridized carbons (Fsp3) is 0.259. The highest BCUT2D eigenvalue weighted by atomic mass is 32.2. The van der Waals surface area contributed by atoms with Crippen molar-refractivity contribution in [2.24, 2.45) is 5.92 Å². The third-order valence-corrected chi connectivity index (χ3v) is 6.55. The molecule has 2 unspecified atom stereocenters. The van der Waals surface area contributed by atoms with E-state index in [2.05, 4.69) is 6.92 Å². The van der Waals surface area contributed by atoms with Crippen molar-refractivity contribution < 1.29 is 9.59 Å². The van der Waals surface area contributed by atoms with Gasteiger partial charge in [0.2, 0.25) is 0 Å². The fourth-order valence-corrected chi connectivity index (χ4v) is 4.77. The summed E-state index contributed by atoms with van der Waals surface area (Å²) in [5, 5.41) is 0. The third-order valence-electron chi connectivity index (χ3n) is 5.26. The lowest BCUT2D eigenvalue weighted by atomic mass is 9.78. The molecule has 3 rings (SSSR count). The molecule has 0 radical (unpaired) electrons. The highest BCUT2D eigenvalue weighted by molar-refractivity contribution is 7.99. The first-order chi connectivity index (χ1) is 14.7. The molecule has 3 aromatic rings. The van der Waals surface area contributed by atoms with Gasteiger partial charge < -0.3 is 0 Å². The van der Waals surface area contributed by atoms with Crippen LogP contribution in [0, 0.1) is 5.92 Å². The topological polar surface area (TPSA) is 34.1 Å². The van der Waals surface area contributed by atoms with E-state index in [1.807, 2.05) is 91.0 Å². The minimum absolute atomic E-state index is 0.0795. The maximum Gasteiger partial charge on any atom is 0.167 e. The molecule has 154 valence electrons. The van der Waals surface area contributed by atoms with Crippen LogP contribution in [0.15, 0.2) is 91.0 Å². The number of rotatable bonds is 11. The van der Waals surface area contributed by atoms with Crippen molar-refractivity contribution in [2.75, 3.05) is 11.5 Å². The van der Waals surface area contributed by atoms with E-state index < -0.39 is 0 Å². The molecule has 2 atom stereocenters. The van der Waals surface area contributed by atoms with Gasteiger partial charge in [0.25, 0.3) is 0 Å². The average molecular weight is 417 g/mol. The first-order valence-corrected chi connectivity index (χ1v) is 11.7. The molecule has 0 bridgehead atoms. The minimum atomic E-state index is -0.251. The highest BCUT2D eigenvalue weighted by Crippen LogP contribution is 2.34. The Labute approximate surface area is 183 Å². The van der Waals surface area contributed by atoms with Crippen molar-refractivity contribution in [3.63, 3.8) is 0 Å². The van der Waals surface area contributed by atoms with Gasteiger partial charge in [-0.2, -0.15) is 11.8 Å². The normalized spacial score (nSPS) is 12.8. The van der Waals surface area contributed by atoms with Crippen molar-refractivity contribution in [3.05, 3.63) is 108 Å². The summed E-state index contributed by atoms with van der Waals surface area (Å²) in [7, 11) is 0. The molecule has 0 heterocycles. The maximum atomic E-state index is 13.5. The molecule has 2 nitrogen and oxygen atoms in total.